The van der Waals surface area contributed by atoms with Crippen molar-refractivity contribution < 1.29 is 31.5 Å². The number of benzene rings is 3. The summed E-state index contributed by atoms with van der Waals surface area (Å²) in [6.07, 6.45) is -3.53. The zero-order valence-electron chi connectivity index (χ0n) is 18.2. The molecule has 1 amide bonds. The molecule has 0 saturated heterocycles. The fourth-order valence-electron chi connectivity index (χ4n) is 4.19. The lowest BCUT2D eigenvalue weighted by Gasteiger charge is -2.20. The number of hydrogen-bond donors (Lipinski definition) is 2. The van der Waals surface area contributed by atoms with E-state index in [9.17, 15) is 26.7 Å². The van der Waals surface area contributed by atoms with Crippen LogP contribution in [0, 0.1) is 11.6 Å². The summed E-state index contributed by atoms with van der Waals surface area (Å²) in [5.41, 5.74) is 5.71. The molecule has 1 aromatic heterocycles. The average molecular weight is 523 g/mol. The van der Waals surface area contributed by atoms with Gasteiger partial charge in [0.2, 0.25) is 0 Å². The van der Waals surface area contributed by atoms with Crippen LogP contribution in [0.2, 0.25) is 5.02 Å². The molecule has 12 heteroatoms. The Hall–Kier alpha value is -3.86. The summed E-state index contributed by atoms with van der Waals surface area (Å²) in [7, 11) is 0. The first kappa shape index (κ1) is 23.9. The van der Waals surface area contributed by atoms with Crippen LogP contribution in [0.25, 0.3) is 10.9 Å². The third-order valence-corrected chi connectivity index (χ3v) is 6.04. The number of amides is 1. The summed E-state index contributed by atoms with van der Waals surface area (Å²) in [6.45, 7) is 0.579. The third-order valence-electron chi connectivity index (χ3n) is 5.73. The highest BCUT2D eigenvalue weighted by Crippen LogP contribution is 2.45. The fraction of sp³-hybridized carbons (Fsp3) is 0.167. The molecule has 0 fully saturated rings. The van der Waals surface area contributed by atoms with Crippen LogP contribution in [0.5, 0.6) is 11.5 Å². The molecule has 0 saturated carbocycles. The van der Waals surface area contributed by atoms with Crippen molar-refractivity contribution in [3.8, 4) is 11.5 Å². The van der Waals surface area contributed by atoms with Crippen LogP contribution >= 0.6 is 11.6 Å². The van der Waals surface area contributed by atoms with Crippen molar-refractivity contribution in [3.05, 3.63) is 75.8 Å². The maximum absolute atomic E-state index is 13.9. The SMILES string of the molecule is Nc1nn2c3c(cc(NC(=O)c4cc(F)cc(C(F)(F)F)c4)c(Oc4cc(F)ccc4Cl)c13)CCC2. The molecule has 1 aliphatic rings. The predicted octanol–water partition coefficient (Wildman–Crippen LogP) is 6.56. The first-order valence-corrected chi connectivity index (χ1v) is 11.0. The van der Waals surface area contributed by atoms with Gasteiger partial charge in [0.25, 0.3) is 5.91 Å². The van der Waals surface area contributed by atoms with E-state index in [2.05, 4.69) is 10.4 Å². The van der Waals surface area contributed by atoms with Gasteiger partial charge in [-0.3, -0.25) is 9.48 Å². The highest BCUT2D eigenvalue weighted by Gasteiger charge is 2.32. The van der Waals surface area contributed by atoms with Gasteiger partial charge in [-0.1, -0.05) is 11.6 Å². The number of hydrogen-bond acceptors (Lipinski definition) is 4. The number of halogens is 6. The number of ether oxygens (including phenoxy) is 1. The van der Waals surface area contributed by atoms with Gasteiger partial charge in [-0.15, -0.1) is 0 Å². The van der Waals surface area contributed by atoms with Crippen LogP contribution < -0.4 is 15.8 Å². The summed E-state index contributed by atoms with van der Waals surface area (Å²) in [5, 5.41) is 7.18. The fourth-order valence-corrected chi connectivity index (χ4v) is 4.34. The summed E-state index contributed by atoms with van der Waals surface area (Å²) in [6, 6.07) is 6.52. The molecule has 3 aromatic carbocycles. The molecule has 36 heavy (non-hydrogen) atoms. The molecular formula is C24H16ClF5N4O2. The zero-order chi connectivity index (χ0) is 25.8. The van der Waals surface area contributed by atoms with E-state index < -0.39 is 34.8 Å². The molecule has 0 aliphatic carbocycles. The number of alkyl halides is 3. The maximum atomic E-state index is 13.9. The first-order chi connectivity index (χ1) is 17.0. The number of rotatable bonds is 4. The summed E-state index contributed by atoms with van der Waals surface area (Å²) in [5.74, 6) is -2.95. The third kappa shape index (κ3) is 4.30. The smallest absolute Gasteiger partial charge is 0.416 e. The quantitative estimate of drug-likeness (QED) is 0.297. The van der Waals surface area contributed by atoms with Gasteiger partial charge in [-0.2, -0.15) is 18.3 Å². The van der Waals surface area contributed by atoms with Crippen molar-refractivity contribution in [1.29, 1.82) is 0 Å². The zero-order valence-corrected chi connectivity index (χ0v) is 19.0. The molecule has 0 spiro atoms. The molecule has 0 radical (unpaired) electrons. The number of nitrogens with one attached hydrogen (secondary N) is 1. The molecule has 3 N–H and O–H groups in total. The van der Waals surface area contributed by atoms with Gasteiger partial charge in [0, 0.05) is 18.2 Å². The second-order valence-corrected chi connectivity index (χ2v) is 8.61. The second kappa shape index (κ2) is 8.66. The minimum Gasteiger partial charge on any atom is -0.453 e. The highest BCUT2D eigenvalue weighted by molar-refractivity contribution is 6.32. The summed E-state index contributed by atoms with van der Waals surface area (Å²) in [4.78, 5) is 13.0. The van der Waals surface area contributed by atoms with Crippen molar-refractivity contribution in [2.24, 2.45) is 0 Å². The Kier molecular flexibility index (Phi) is 5.74. The predicted molar refractivity (Wildman–Crippen MR) is 123 cm³/mol. The van der Waals surface area contributed by atoms with Crippen LogP contribution in [0.15, 0.2) is 42.5 Å². The number of nitrogen functional groups attached to an aromatic ring is 1. The molecule has 186 valence electrons. The lowest BCUT2D eigenvalue weighted by Crippen LogP contribution is -2.16. The molecule has 5 rings (SSSR count). The first-order valence-electron chi connectivity index (χ1n) is 10.6. The Morgan fingerprint density at radius 3 is 2.64 bits per heavy atom. The van der Waals surface area contributed by atoms with Gasteiger partial charge in [0.05, 0.1) is 27.2 Å². The standard InChI is InChI=1S/C24H16ClF5N4O2/c25-16-4-3-14(26)10-18(16)36-21-17(8-11-2-1-5-34-20(11)19(21)22(31)33-34)32-23(35)12-6-13(24(28,29)30)9-15(27)7-12/h3-4,6-10H,1-2,5H2,(H2,31,33)(H,32,35). The maximum Gasteiger partial charge on any atom is 0.416 e. The lowest BCUT2D eigenvalue weighted by molar-refractivity contribution is -0.137. The topological polar surface area (TPSA) is 82.2 Å². The normalized spacial score (nSPS) is 13.2. The van der Waals surface area contributed by atoms with Crippen molar-refractivity contribution in [2.45, 2.75) is 25.6 Å². The van der Waals surface area contributed by atoms with Crippen LogP contribution in [0.4, 0.5) is 33.5 Å². The molecule has 2 heterocycles. The number of nitrogens with two attached hydrogens (primary N) is 1. The number of nitrogens with zero attached hydrogens (tertiary/aromatic N) is 2. The van der Waals surface area contributed by atoms with E-state index in [-0.39, 0.29) is 28.0 Å². The monoisotopic (exact) mass is 522 g/mol. The van der Waals surface area contributed by atoms with E-state index in [1.54, 1.807) is 10.7 Å². The Labute approximate surface area is 205 Å². The Morgan fingerprint density at radius 2 is 1.89 bits per heavy atom. The Morgan fingerprint density at radius 1 is 1.11 bits per heavy atom. The van der Waals surface area contributed by atoms with Gasteiger partial charge in [0.15, 0.2) is 11.6 Å². The van der Waals surface area contributed by atoms with Crippen LogP contribution in [-0.4, -0.2) is 15.7 Å². The molecular weight excluding hydrogens is 507 g/mol. The molecule has 6 nitrogen and oxygen atoms in total. The van der Waals surface area contributed by atoms with E-state index in [4.69, 9.17) is 22.1 Å². The van der Waals surface area contributed by atoms with Gasteiger partial charge in [-0.25, -0.2) is 8.78 Å². The van der Waals surface area contributed by atoms with E-state index in [0.717, 1.165) is 24.1 Å². The van der Waals surface area contributed by atoms with Gasteiger partial charge < -0.3 is 15.8 Å². The van der Waals surface area contributed by atoms with Crippen molar-refractivity contribution in [1.82, 2.24) is 9.78 Å². The minimum absolute atomic E-state index is 0.0220. The van der Waals surface area contributed by atoms with Crippen LogP contribution in [-0.2, 0) is 19.1 Å². The average Bonchev–Trinajstić information content (AvgIpc) is 3.14. The second-order valence-electron chi connectivity index (χ2n) is 8.21. The number of carbonyl (C=O) groups is 1. The number of anilines is 2. The molecule has 0 bridgehead atoms. The lowest BCUT2D eigenvalue weighted by atomic mass is 10.0. The summed E-state index contributed by atoms with van der Waals surface area (Å²) >= 11 is 6.16. The summed E-state index contributed by atoms with van der Waals surface area (Å²) < 4.78 is 74.9. The molecule has 4 aromatic rings. The van der Waals surface area contributed by atoms with Crippen molar-refractivity contribution in [2.75, 3.05) is 11.1 Å². The van der Waals surface area contributed by atoms with Gasteiger partial charge >= 0.3 is 6.18 Å². The van der Waals surface area contributed by atoms with E-state index in [1.165, 1.54) is 6.07 Å². The largest absolute Gasteiger partial charge is 0.453 e. The van der Waals surface area contributed by atoms with E-state index in [0.29, 0.717) is 42.1 Å². The molecule has 0 atom stereocenters. The van der Waals surface area contributed by atoms with Gasteiger partial charge in [-0.05, 0) is 54.8 Å². The highest BCUT2D eigenvalue weighted by atomic mass is 35.5. The van der Waals surface area contributed by atoms with Crippen LogP contribution in [0.1, 0.15) is 27.9 Å². The molecule has 1 aliphatic heterocycles. The minimum atomic E-state index is -4.86. The molecule has 0 unspecified atom stereocenters. The van der Waals surface area contributed by atoms with E-state index >= 15 is 0 Å². The van der Waals surface area contributed by atoms with Crippen LogP contribution in [0.3, 0.4) is 0 Å². The number of carbonyl (C=O) groups excluding carboxylic acids is 1. The van der Waals surface area contributed by atoms with Crippen molar-refractivity contribution in [3.63, 3.8) is 0 Å². The Bertz CT molecular complexity index is 1530. The Balaban J connectivity index is 1.65. The van der Waals surface area contributed by atoms with Crippen molar-refractivity contribution >= 4 is 39.9 Å². The van der Waals surface area contributed by atoms with E-state index in [1.807, 2.05) is 0 Å². The number of aromatic nitrogens is 2. The number of aryl methyl sites for hydroxylation is 2. The van der Waals surface area contributed by atoms with Gasteiger partial charge in [0.1, 0.15) is 17.4 Å².